The molecule has 0 spiro atoms. The van der Waals surface area contributed by atoms with Crippen molar-refractivity contribution in [1.29, 1.82) is 0 Å². The van der Waals surface area contributed by atoms with Gasteiger partial charge in [-0.1, -0.05) is 19.0 Å². The van der Waals surface area contributed by atoms with Crippen molar-refractivity contribution in [2.45, 2.75) is 47.5 Å². The fraction of sp³-hybridized carbons (Fsp3) is 0.474. The molecule has 8 heteroatoms. The number of ether oxygens (including phenoxy) is 2. The second-order valence-corrected chi connectivity index (χ2v) is 6.51. The van der Waals surface area contributed by atoms with E-state index in [1.807, 2.05) is 13.8 Å². The molecule has 0 unspecified atom stereocenters. The fourth-order valence-corrected chi connectivity index (χ4v) is 2.89. The fourth-order valence-electron chi connectivity index (χ4n) is 2.89. The third kappa shape index (κ3) is 4.10. The molecule has 0 radical (unpaired) electrons. The van der Waals surface area contributed by atoms with Crippen LogP contribution in [0, 0.1) is 20.8 Å². The minimum atomic E-state index is -0.687. The third-order valence-electron chi connectivity index (χ3n) is 4.09. The molecule has 0 aliphatic heterocycles. The highest BCUT2D eigenvalue weighted by Gasteiger charge is 2.28. The third-order valence-corrected chi connectivity index (χ3v) is 4.09. The van der Waals surface area contributed by atoms with Crippen LogP contribution in [-0.4, -0.2) is 41.1 Å². The molecule has 0 saturated heterocycles. The summed E-state index contributed by atoms with van der Waals surface area (Å²) in [6.45, 7) is 10.1. The zero-order chi connectivity index (χ0) is 20.3. The number of nitrogens with zero attached hydrogens (tertiary/aromatic N) is 1. The van der Waals surface area contributed by atoms with E-state index in [-0.39, 0.29) is 29.2 Å². The normalized spacial score (nSPS) is 10.9. The molecule has 2 rings (SSSR count). The number of H-pyrrole nitrogens is 1. The van der Waals surface area contributed by atoms with E-state index in [4.69, 9.17) is 14.0 Å². The summed E-state index contributed by atoms with van der Waals surface area (Å²) >= 11 is 0. The Balaban J connectivity index is 2.21. The highest BCUT2D eigenvalue weighted by molar-refractivity contribution is 6.09. The first-order valence-electron chi connectivity index (χ1n) is 8.71. The van der Waals surface area contributed by atoms with Gasteiger partial charge in [0.1, 0.15) is 5.56 Å². The number of aryl methyl sites for hydroxylation is 3. The molecule has 2 aromatic rings. The molecule has 2 heterocycles. The Morgan fingerprint density at radius 3 is 2.19 bits per heavy atom. The summed E-state index contributed by atoms with van der Waals surface area (Å²) in [7, 11) is 0. The molecule has 0 fully saturated rings. The van der Waals surface area contributed by atoms with Crippen LogP contribution in [0.5, 0.6) is 0 Å². The minimum Gasteiger partial charge on any atom is -0.462 e. The summed E-state index contributed by atoms with van der Waals surface area (Å²) < 4.78 is 15.4. The first-order chi connectivity index (χ1) is 12.7. The molecule has 0 aliphatic rings. The Morgan fingerprint density at radius 1 is 1.00 bits per heavy atom. The summed E-state index contributed by atoms with van der Waals surface area (Å²) in [4.78, 5) is 40.2. The van der Waals surface area contributed by atoms with E-state index >= 15 is 0 Å². The van der Waals surface area contributed by atoms with Gasteiger partial charge in [0.05, 0.1) is 23.4 Å². The highest BCUT2D eigenvalue weighted by Crippen LogP contribution is 2.24. The smallest absolute Gasteiger partial charge is 0.344 e. The number of hydrogen-bond donors (Lipinski definition) is 1. The highest BCUT2D eigenvalue weighted by atomic mass is 16.5. The number of esters is 2. The number of ketones is 1. The minimum absolute atomic E-state index is 0.0607. The lowest BCUT2D eigenvalue weighted by atomic mass is 10.0. The molecule has 2 aromatic heterocycles. The van der Waals surface area contributed by atoms with E-state index in [1.165, 1.54) is 0 Å². The van der Waals surface area contributed by atoms with Crippen LogP contribution in [0.25, 0.3) is 0 Å². The van der Waals surface area contributed by atoms with Crippen LogP contribution in [0.15, 0.2) is 4.52 Å². The Bertz CT molecular complexity index is 875. The number of nitrogens with one attached hydrogen (secondary N) is 1. The van der Waals surface area contributed by atoms with Crippen LogP contribution in [0.1, 0.15) is 80.6 Å². The van der Waals surface area contributed by atoms with Crippen molar-refractivity contribution in [1.82, 2.24) is 10.1 Å². The lowest BCUT2D eigenvalue weighted by Gasteiger charge is -2.08. The van der Waals surface area contributed by atoms with E-state index in [0.29, 0.717) is 22.8 Å². The molecular weight excluding hydrogens is 352 g/mol. The van der Waals surface area contributed by atoms with Crippen LogP contribution in [0.4, 0.5) is 0 Å². The Kier molecular flexibility index (Phi) is 6.20. The molecule has 8 nitrogen and oxygen atoms in total. The molecule has 0 aliphatic carbocycles. The van der Waals surface area contributed by atoms with Gasteiger partial charge in [-0.2, -0.15) is 0 Å². The van der Waals surface area contributed by atoms with Crippen molar-refractivity contribution in [2.24, 2.45) is 0 Å². The summed E-state index contributed by atoms with van der Waals surface area (Å²) in [5, 5.41) is 3.79. The number of rotatable bonds is 7. The molecule has 0 bridgehead atoms. The van der Waals surface area contributed by atoms with Gasteiger partial charge in [0.15, 0.2) is 12.4 Å². The Hall–Kier alpha value is -2.90. The summed E-state index contributed by atoms with van der Waals surface area (Å²) in [5.41, 5.74) is 2.00. The second-order valence-electron chi connectivity index (χ2n) is 6.51. The van der Waals surface area contributed by atoms with E-state index in [2.05, 4.69) is 10.1 Å². The van der Waals surface area contributed by atoms with Gasteiger partial charge in [0, 0.05) is 17.3 Å². The van der Waals surface area contributed by atoms with E-state index in [0.717, 1.165) is 0 Å². The Labute approximate surface area is 157 Å². The van der Waals surface area contributed by atoms with Crippen molar-refractivity contribution in [3.8, 4) is 0 Å². The monoisotopic (exact) mass is 376 g/mol. The van der Waals surface area contributed by atoms with E-state index in [9.17, 15) is 14.4 Å². The maximum Gasteiger partial charge on any atom is 0.344 e. The van der Waals surface area contributed by atoms with Crippen LogP contribution < -0.4 is 0 Å². The average molecular weight is 376 g/mol. The van der Waals surface area contributed by atoms with Gasteiger partial charge >= 0.3 is 11.9 Å². The number of hydrogen-bond acceptors (Lipinski definition) is 7. The molecule has 0 saturated carbocycles. The van der Waals surface area contributed by atoms with E-state index in [1.54, 1.807) is 27.7 Å². The standard InChI is InChI=1S/C19H24N2O6/c1-7-25-18(23)15-11(5)20-10(4)14(15)13(22)8-26-19(24)16-12(6)21-27-17(16)9(2)3/h9,20H,7-8H2,1-6H3. The van der Waals surface area contributed by atoms with Gasteiger partial charge in [-0.05, 0) is 27.7 Å². The van der Waals surface area contributed by atoms with Gasteiger partial charge in [0.25, 0.3) is 0 Å². The summed E-state index contributed by atoms with van der Waals surface area (Å²) in [6.07, 6.45) is 0. The van der Waals surface area contributed by atoms with Crippen LogP contribution >= 0.6 is 0 Å². The topological polar surface area (TPSA) is 111 Å². The molecule has 0 aromatic carbocycles. The molecule has 27 heavy (non-hydrogen) atoms. The van der Waals surface area contributed by atoms with Gasteiger partial charge in [-0.15, -0.1) is 0 Å². The average Bonchev–Trinajstić information content (AvgIpc) is 3.12. The lowest BCUT2D eigenvalue weighted by Crippen LogP contribution is -2.19. The first kappa shape index (κ1) is 20.4. The number of carbonyl (C=O) groups is 3. The molecule has 0 amide bonds. The zero-order valence-corrected chi connectivity index (χ0v) is 16.4. The summed E-state index contributed by atoms with van der Waals surface area (Å²) in [6, 6.07) is 0. The number of carbonyl (C=O) groups excluding carboxylic acids is 3. The number of aromatic nitrogens is 2. The van der Waals surface area contributed by atoms with Crippen molar-refractivity contribution < 1.29 is 28.4 Å². The number of Topliss-reactive ketones (excluding diaryl/α,β-unsaturated/α-hetero) is 1. The maximum absolute atomic E-state index is 12.6. The van der Waals surface area contributed by atoms with Gasteiger partial charge in [-0.3, -0.25) is 4.79 Å². The maximum atomic E-state index is 12.6. The quantitative estimate of drug-likeness (QED) is 0.583. The Morgan fingerprint density at radius 2 is 1.59 bits per heavy atom. The van der Waals surface area contributed by atoms with Crippen molar-refractivity contribution in [3.05, 3.63) is 39.5 Å². The van der Waals surface area contributed by atoms with Crippen molar-refractivity contribution in [3.63, 3.8) is 0 Å². The molecule has 146 valence electrons. The SMILES string of the molecule is CCOC(=O)c1c(C)[nH]c(C)c1C(=O)COC(=O)c1c(C)noc1C(C)C. The molecule has 0 atom stereocenters. The predicted octanol–water partition coefficient (Wildman–Crippen LogP) is 3.27. The van der Waals surface area contributed by atoms with E-state index < -0.39 is 24.3 Å². The summed E-state index contributed by atoms with van der Waals surface area (Å²) in [5.74, 6) is -1.42. The van der Waals surface area contributed by atoms with Crippen molar-refractivity contribution in [2.75, 3.05) is 13.2 Å². The lowest BCUT2D eigenvalue weighted by molar-refractivity contribution is 0.0469. The van der Waals surface area contributed by atoms with Gasteiger partial charge in [-0.25, -0.2) is 9.59 Å². The van der Waals surface area contributed by atoms with Crippen molar-refractivity contribution >= 4 is 17.7 Å². The first-order valence-corrected chi connectivity index (χ1v) is 8.71. The van der Waals surface area contributed by atoms with Crippen LogP contribution in [0.2, 0.25) is 0 Å². The van der Waals surface area contributed by atoms with Crippen LogP contribution in [0.3, 0.4) is 0 Å². The number of aromatic amines is 1. The second kappa shape index (κ2) is 8.20. The largest absolute Gasteiger partial charge is 0.462 e. The molecule has 1 N–H and O–H groups in total. The zero-order valence-electron chi connectivity index (χ0n) is 16.4. The van der Waals surface area contributed by atoms with Gasteiger partial charge in [0.2, 0.25) is 5.78 Å². The van der Waals surface area contributed by atoms with Crippen LogP contribution in [-0.2, 0) is 9.47 Å². The van der Waals surface area contributed by atoms with Gasteiger partial charge < -0.3 is 19.0 Å². The predicted molar refractivity (Wildman–Crippen MR) is 96.2 cm³/mol. The molecular formula is C19H24N2O6.